The number of nitrogens with one attached hydrogen (secondary N) is 1. The van der Waals surface area contributed by atoms with Crippen molar-refractivity contribution in [2.75, 3.05) is 50.7 Å². The molecule has 1 saturated heterocycles. The number of ether oxygens (including phenoxy) is 1. The Morgan fingerprint density at radius 3 is 2.81 bits per heavy atom. The molecule has 3 heterocycles. The van der Waals surface area contributed by atoms with E-state index in [0.29, 0.717) is 12.0 Å². The molecule has 7 nitrogen and oxygen atoms in total. The third kappa shape index (κ3) is 5.47. The van der Waals surface area contributed by atoms with Gasteiger partial charge in [-0.15, -0.1) is 0 Å². The summed E-state index contributed by atoms with van der Waals surface area (Å²) in [6.45, 7) is 5.24. The molecule has 2 aliphatic rings. The van der Waals surface area contributed by atoms with Crippen LogP contribution >= 0.6 is 11.6 Å². The van der Waals surface area contributed by atoms with Crippen LogP contribution in [0.4, 0.5) is 11.8 Å². The Bertz CT molecular complexity index is 915. The summed E-state index contributed by atoms with van der Waals surface area (Å²) in [5.41, 5.74) is 2.25. The Morgan fingerprint density at radius 1 is 1.26 bits per heavy atom. The van der Waals surface area contributed by atoms with E-state index in [9.17, 15) is 0 Å². The average Bonchev–Trinajstić information content (AvgIpc) is 3.24. The molecule has 1 aromatic heterocycles. The fraction of sp³-hybridized carbons (Fsp3) is 0.478. The van der Waals surface area contributed by atoms with Crippen LogP contribution in [-0.4, -0.2) is 66.3 Å². The summed E-state index contributed by atoms with van der Waals surface area (Å²) in [5, 5.41) is 4.24. The van der Waals surface area contributed by atoms with Crippen LogP contribution in [0.5, 0.6) is 0 Å². The molecule has 0 amide bonds. The van der Waals surface area contributed by atoms with Gasteiger partial charge in [0.25, 0.3) is 0 Å². The molecule has 166 valence electrons. The minimum atomic E-state index is 0.192. The van der Waals surface area contributed by atoms with E-state index in [0.717, 1.165) is 55.7 Å². The average molecular weight is 443 g/mol. The highest BCUT2D eigenvalue weighted by Crippen LogP contribution is 2.30. The number of hydrogen-bond donors (Lipinski definition) is 1. The molecule has 1 fully saturated rings. The number of nitrogens with zero attached hydrogens (tertiary/aromatic N) is 5. The summed E-state index contributed by atoms with van der Waals surface area (Å²) in [5.74, 6) is 1.61. The number of hydrogen-bond acceptors (Lipinski definition) is 7. The Hall–Kier alpha value is -2.35. The van der Waals surface area contributed by atoms with Gasteiger partial charge in [0.05, 0.1) is 12.7 Å². The molecular formula is C23H31ClN6O. The lowest BCUT2D eigenvalue weighted by molar-refractivity contribution is 0.0903. The third-order valence-electron chi connectivity index (χ3n) is 5.70. The normalized spacial score (nSPS) is 18.1. The number of benzene rings is 1. The van der Waals surface area contributed by atoms with Gasteiger partial charge in [0.2, 0.25) is 5.95 Å². The van der Waals surface area contributed by atoms with Crippen LogP contribution in [0.15, 0.2) is 42.9 Å². The van der Waals surface area contributed by atoms with Gasteiger partial charge in [-0.05, 0) is 51.6 Å². The maximum absolute atomic E-state index is 6.28. The van der Waals surface area contributed by atoms with Gasteiger partial charge in [0.15, 0.2) is 0 Å². The zero-order valence-electron chi connectivity index (χ0n) is 18.5. The largest absolute Gasteiger partial charge is 0.381 e. The smallest absolute Gasteiger partial charge is 0.224 e. The number of aromatic nitrogens is 2. The first-order valence-corrected chi connectivity index (χ1v) is 11.2. The third-order valence-corrected chi connectivity index (χ3v) is 5.93. The monoisotopic (exact) mass is 442 g/mol. The first kappa shape index (κ1) is 21.9. The lowest BCUT2D eigenvalue weighted by Gasteiger charge is -2.32. The first-order valence-electron chi connectivity index (χ1n) is 10.8. The number of aryl methyl sites for hydroxylation is 1. The Kier molecular flexibility index (Phi) is 6.95. The van der Waals surface area contributed by atoms with Crippen molar-refractivity contribution in [3.05, 3.63) is 59.0 Å². The van der Waals surface area contributed by atoms with E-state index in [1.54, 1.807) is 0 Å². The van der Waals surface area contributed by atoms with Gasteiger partial charge in [-0.2, -0.15) is 4.98 Å². The molecule has 1 aromatic carbocycles. The SMILES string of the molecule is Cc1cnc(NC2CCOCC2)nc1N1C=CN(C(CN(C)C)c2cccc(Cl)c2)C1. The zero-order chi connectivity index (χ0) is 21.8. The van der Waals surface area contributed by atoms with Gasteiger partial charge in [-0.25, -0.2) is 4.98 Å². The number of anilines is 2. The molecule has 1 unspecified atom stereocenters. The highest BCUT2D eigenvalue weighted by atomic mass is 35.5. The van der Waals surface area contributed by atoms with Crippen LogP contribution in [-0.2, 0) is 4.74 Å². The predicted molar refractivity (Wildman–Crippen MR) is 125 cm³/mol. The molecule has 0 radical (unpaired) electrons. The lowest BCUT2D eigenvalue weighted by Crippen LogP contribution is -2.35. The number of likely N-dealkylation sites (N-methyl/N-ethyl adjacent to an activating group) is 1. The van der Waals surface area contributed by atoms with Crippen molar-refractivity contribution in [2.24, 2.45) is 0 Å². The van der Waals surface area contributed by atoms with Crippen LogP contribution < -0.4 is 10.2 Å². The van der Waals surface area contributed by atoms with Gasteiger partial charge in [-0.1, -0.05) is 23.7 Å². The van der Waals surface area contributed by atoms with Gasteiger partial charge < -0.3 is 24.8 Å². The van der Waals surface area contributed by atoms with E-state index in [2.05, 4.69) is 70.6 Å². The molecular weight excluding hydrogens is 412 g/mol. The van der Waals surface area contributed by atoms with Crippen molar-refractivity contribution in [2.45, 2.75) is 31.8 Å². The highest BCUT2D eigenvalue weighted by Gasteiger charge is 2.26. The number of halogens is 1. The summed E-state index contributed by atoms with van der Waals surface area (Å²) in [6.07, 6.45) is 8.10. The van der Waals surface area contributed by atoms with Crippen molar-refractivity contribution in [1.29, 1.82) is 0 Å². The van der Waals surface area contributed by atoms with Crippen molar-refractivity contribution in [3.63, 3.8) is 0 Å². The van der Waals surface area contributed by atoms with Crippen LogP contribution in [0.2, 0.25) is 5.02 Å². The summed E-state index contributed by atoms with van der Waals surface area (Å²) < 4.78 is 5.45. The van der Waals surface area contributed by atoms with E-state index in [-0.39, 0.29) is 6.04 Å². The minimum Gasteiger partial charge on any atom is -0.381 e. The van der Waals surface area contributed by atoms with Crippen molar-refractivity contribution in [3.8, 4) is 0 Å². The maximum atomic E-state index is 6.28. The molecule has 0 aliphatic carbocycles. The summed E-state index contributed by atoms with van der Waals surface area (Å²) >= 11 is 6.28. The quantitative estimate of drug-likeness (QED) is 0.698. The van der Waals surface area contributed by atoms with Crippen LogP contribution in [0.1, 0.15) is 30.0 Å². The van der Waals surface area contributed by atoms with Gasteiger partial charge in [-0.3, -0.25) is 0 Å². The van der Waals surface area contributed by atoms with E-state index >= 15 is 0 Å². The molecule has 0 spiro atoms. The van der Waals surface area contributed by atoms with Gasteiger partial charge >= 0.3 is 0 Å². The Labute approximate surface area is 189 Å². The Balaban J connectivity index is 1.50. The predicted octanol–water partition coefficient (Wildman–Crippen LogP) is 3.88. The lowest BCUT2D eigenvalue weighted by atomic mass is 10.1. The van der Waals surface area contributed by atoms with E-state index in [1.807, 2.05) is 18.3 Å². The minimum absolute atomic E-state index is 0.192. The summed E-state index contributed by atoms with van der Waals surface area (Å²) in [6, 6.07) is 8.68. The van der Waals surface area contributed by atoms with Crippen molar-refractivity contribution >= 4 is 23.4 Å². The Morgan fingerprint density at radius 2 is 2.06 bits per heavy atom. The second-order valence-electron chi connectivity index (χ2n) is 8.49. The molecule has 2 aromatic rings. The van der Waals surface area contributed by atoms with Crippen LogP contribution in [0, 0.1) is 6.92 Å². The highest BCUT2D eigenvalue weighted by molar-refractivity contribution is 6.30. The van der Waals surface area contributed by atoms with Gasteiger partial charge in [0, 0.05) is 55.0 Å². The molecule has 0 saturated carbocycles. The molecule has 1 atom stereocenters. The van der Waals surface area contributed by atoms with Gasteiger partial charge in [0.1, 0.15) is 5.82 Å². The molecule has 8 heteroatoms. The molecule has 0 bridgehead atoms. The number of rotatable bonds is 7. The molecule has 31 heavy (non-hydrogen) atoms. The van der Waals surface area contributed by atoms with Crippen LogP contribution in [0.3, 0.4) is 0 Å². The second kappa shape index (κ2) is 9.85. The van der Waals surface area contributed by atoms with E-state index in [1.165, 1.54) is 5.56 Å². The summed E-state index contributed by atoms with van der Waals surface area (Å²) in [4.78, 5) is 16.1. The van der Waals surface area contributed by atoms with Crippen molar-refractivity contribution in [1.82, 2.24) is 19.8 Å². The second-order valence-corrected chi connectivity index (χ2v) is 8.92. The zero-order valence-corrected chi connectivity index (χ0v) is 19.2. The topological polar surface area (TPSA) is 56.8 Å². The molecule has 4 rings (SSSR count). The summed E-state index contributed by atoms with van der Waals surface area (Å²) in [7, 11) is 4.19. The first-order chi connectivity index (χ1) is 15.0. The van der Waals surface area contributed by atoms with Crippen molar-refractivity contribution < 1.29 is 4.74 Å². The van der Waals surface area contributed by atoms with E-state index in [4.69, 9.17) is 21.3 Å². The fourth-order valence-electron chi connectivity index (χ4n) is 4.06. The molecule has 2 aliphatic heterocycles. The maximum Gasteiger partial charge on any atom is 0.224 e. The fourth-order valence-corrected chi connectivity index (χ4v) is 4.25. The molecule has 1 N–H and O–H groups in total. The standard InChI is InChI=1S/C23H31ClN6O/c1-17-14-25-23(26-20-7-11-31-12-8-20)27-22(17)30-10-9-29(16-30)21(15-28(2)3)18-5-4-6-19(24)13-18/h4-6,9-10,13-14,20-21H,7-8,11-12,15-16H2,1-3H3,(H,25,26,27). The van der Waals surface area contributed by atoms with Crippen LogP contribution in [0.25, 0.3) is 0 Å². The van der Waals surface area contributed by atoms with E-state index < -0.39 is 0 Å².